The minimum Gasteiger partial charge on any atom is -0.201 e. The summed E-state index contributed by atoms with van der Waals surface area (Å²) < 4.78 is 58.1. The Morgan fingerprint density at radius 1 is 0.208 bits per heavy atom. The number of hydrogen-bond donors (Lipinski definition) is 0. The fourth-order valence-electron chi connectivity index (χ4n) is 12.2. The maximum atomic E-state index is 7.56. The molecule has 0 aliphatic heterocycles. The van der Waals surface area contributed by atoms with Crippen molar-refractivity contribution in [1.29, 1.82) is 0 Å². The van der Waals surface area contributed by atoms with Gasteiger partial charge in [0.2, 0.25) is 34.2 Å². The molecule has 6 aromatic heterocycles. The molecule has 6 nitrogen and oxygen atoms in total. The minimum absolute atomic E-state index is 0.437. The summed E-state index contributed by atoms with van der Waals surface area (Å²) in [5.41, 5.74) is 35.5. The Kier molecular flexibility index (Phi) is 22.7. The smallest absolute Gasteiger partial charge is 0.201 e. The van der Waals surface area contributed by atoms with E-state index in [1.54, 1.807) is 12.1 Å². The summed E-state index contributed by atoms with van der Waals surface area (Å²) in [6.45, 7) is 29.7. The Balaban J connectivity index is 0.000000172. The topological polar surface area (TPSA) is 23.3 Å². The average Bonchev–Trinajstić information content (AvgIpc) is 0.804. The van der Waals surface area contributed by atoms with Crippen LogP contribution in [-0.2, 0) is 42.3 Å². The molecule has 0 saturated carbocycles. The van der Waals surface area contributed by atoms with Crippen LogP contribution in [0.4, 0.5) is 0 Å². The summed E-state index contributed by atoms with van der Waals surface area (Å²) >= 11 is 0. The van der Waals surface area contributed by atoms with Crippen molar-refractivity contribution in [2.24, 2.45) is 42.3 Å². The van der Waals surface area contributed by atoms with Crippen LogP contribution in [-0.4, -0.2) is 0 Å². The molecule has 0 spiro atoms. The van der Waals surface area contributed by atoms with E-state index in [0.29, 0.717) is 11.1 Å². The van der Waals surface area contributed by atoms with Crippen molar-refractivity contribution >= 4 is 0 Å². The molecule has 0 aliphatic rings. The fourth-order valence-corrected chi connectivity index (χ4v) is 12.2. The van der Waals surface area contributed by atoms with Gasteiger partial charge in [0, 0.05) is 109 Å². The molecule has 96 heavy (non-hydrogen) atoms. The lowest BCUT2D eigenvalue weighted by Crippen LogP contribution is -2.30. The monoisotopic (exact) mass is 1280 g/mol. The molecule has 0 N–H and O–H groups in total. The summed E-state index contributed by atoms with van der Waals surface area (Å²) in [6.07, 6.45) is 12.3. The van der Waals surface area contributed by atoms with Crippen molar-refractivity contribution in [2.45, 2.75) is 124 Å². The van der Waals surface area contributed by atoms with Crippen LogP contribution in [0.5, 0.6) is 0 Å². The second-order valence-corrected chi connectivity index (χ2v) is 26.0. The second-order valence-electron chi connectivity index (χ2n) is 26.0. The zero-order valence-corrected chi connectivity index (χ0v) is 61.5. The van der Waals surface area contributed by atoms with Gasteiger partial charge in [0.15, 0.2) is 37.2 Å². The predicted octanol–water partition coefficient (Wildman–Crippen LogP) is 18.6. The highest BCUT2D eigenvalue weighted by Gasteiger charge is 2.19. The van der Waals surface area contributed by atoms with Gasteiger partial charge in [-0.25, -0.2) is 27.4 Å². The zero-order valence-electron chi connectivity index (χ0n) is 67.5. The molecular formula is C90H108N6+6. The van der Waals surface area contributed by atoms with Gasteiger partial charge in [-0.15, -0.1) is 0 Å². The summed E-state index contributed by atoms with van der Waals surface area (Å²) in [6, 6.07) is 62.6. The number of benzene rings is 6. The summed E-state index contributed by atoms with van der Waals surface area (Å²) in [5, 5.41) is 0. The molecule has 6 aromatic carbocycles. The van der Waals surface area contributed by atoms with E-state index in [1.165, 1.54) is 112 Å². The number of rotatable bonds is 6. The first-order valence-corrected chi connectivity index (χ1v) is 33.2. The quantitative estimate of drug-likeness (QED) is 0.148. The number of aryl methyl sites for hydroxylation is 19. The van der Waals surface area contributed by atoms with E-state index in [2.05, 4.69) is 276 Å². The fraction of sp³-hybridized carbons (Fsp3) is 0.267. The Morgan fingerprint density at radius 3 is 0.896 bits per heavy atom. The highest BCUT2D eigenvalue weighted by atomic mass is 14.9. The molecule has 492 valence electrons. The molecule has 12 rings (SSSR count). The van der Waals surface area contributed by atoms with Crippen LogP contribution in [0.3, 0.4) is 0 Å². The largest absolute Gasteiger partial charge is 0.212 e. The van der Waals surface area contributed by atoms with Crippen LogP contribution in [0, 0.1) is 124 Å². The van der Waals surface area contributed by atoms with Crippen molar-refractivity contribution in [1.82, 2.24) is 0 Å². The lowest BCUT2D eigenvalue weighted by atomic mass is 9.95. The number of aromatic nitrogens is 6. The van der Waals surface area contributed by atoms with Crippen molar-refractivity contribution in [2.75, 3.05) is 0 Å². The van der Waals surface area contributed by atoms with E-state index in [1.807, 2.05) is 112 Å². The number of pyridine rings is 6. The van der Waals surface area contributed by atoms with Crippen LogP contribution < -0.4 is 27.4 Å². The maximum Gasteiger partial charge on any atom is 0.212 e. The normalized spacial score (nSPS) is 11.7. The van der Waals surface area contributed by atoms with Gasteiger partial charge in [-0.3, -0.25) is 0 Å². The highest BCUT2D eigenvalue weighted by molar-refractivity contribution is 5.69. The van der Waals surface area contributed by atoms with Crippen molar-refractivity contribution in [3.8, 4) is 67.5 Å². The van der Waals surface area contributed by atoms with Gasteiger partial charge in [0.1, 0.15) is 42.3 Å². The Morgan fingerprint density at radius 2 is 0.521 bits per heavy atom. The van der Waals surface area contributed by atoms with Crippen molar-refractivity contribution in [3.63, 3.8) is 0 Å². The zero-order chi connectivity index (χ0) is 75.2. The SMILES string of the molecule is Cc1cc(C)c(-c2cccc[n+]2C)cc1C.Cc1cc(C)c(C)c(-c2cccc[n+]2C)c1.Cc1cc(C)c(C)c(-c2cccc[n+]2C)c1.Cc1ccc(C)c(-c2cccc[n+]2C)c1C.[2H]C([2H])([2H])c1cc(C)c(-c2cccc[n+]2C)cc1C.[2H]C([2H])([2H])c1ccc(-c2cccc[n+]2C)c(C)c1C. The molecule has 0 aliphatic carbocycles. The lowest BCUT2D eigenvalue weighted by molar-refractivity contribution is -0.660. The molecule has 6 heterocycles. The third kappa shape index (κ3) is 18.4. The maximum absolute atomic E-state index is 7.56. The Hall–Kier alpha value is -9.78. The van der Waals surface area contributed by atoms with E-state index in [9.17, 15) is 0 Å². The Bertz CT molecular complexity index is 4790. The molecule has 0 atom stereocenters. The molecule has 0 bridgehead atoms. The van der Waals surface area contributed by atoms with Crippen LogP contribution in [0.1, 0.15) is 108 Å². The Labute approximate surface area is 586 Å². The lowest BCUT2D eigenvalue weighted by Gasteiger charge is -2.10. The van der Waals surface area contributed by atoms with Gasteiger partial charge in [-0.2, -0.15) is 0 Å². The predicted molar refractivity (Wildman–Crippen MR) is 404 cm³/mol. The van der Waals surface area contributed by atoms with Crippen LogP contribution in [0.25, 0.3) is 67.5 Å². The van der Waals surface area contributed by atoms with Crippen molar-refractivity contribution in [3.05, 3.63) is 319 Å². The molecule has 0 radical (unpaired) electrons. The molecule has 0 saturated heterocycles. The third-order valence-electron chi connectivity index (χ3n) is 18.7. The molecule has 0 unspecified atom stereocenters. The van der Waals surface area contributed by atoms with Gasteiger partial charge in [0.05, 0.1) is 5.56 Å². The van der Waals surface area contributed by atoms with Crippen LogP contribution in [0.2, 0.25) is 0 Å². The standard InChI is InChI=1S/6C15H18N/c1-11-8-9-14(13(3)12(11)2)15-7-5-6-10-16(15)4;1-11-8-9-12(2)15(13(11)3)14-7-5-6-10-16(14)4;2*1-11-9-13(3)14(10-12(11)2)15-7-5-6-8-16(15)4;2*1-11-9-12(2)13(3)14(10-11)15-7-5-6-8-16(15)4/h6*5-10H,1-4H3/q6*+1/i1D3;;1D3;;;. The molecule has 0 fully saturated rings. The molecule has 12 aromatic rings. The molecule has 6 heteroatoms. The summed E-state index contributed by atoms with van der Waals surface area (Å²) in [7, 11) is 12.3. The van der Waals surface area contributed by atoms with Gasteiger partial charge < -0.3 is 0 Å². The van der Waals surface area contributed by atoms with E-state index < -0.39 is 13.7 Å². The number of hydrogen-bond acceptors (Lipinski definition) is 0. The van der Waals surface area contributed by atoms with Crippen LogP contribution in [0.15, 0.2) is 219 Å². The second kappa shape index (κ2) is 33.6. The minimum atomic E-state index is -2.05. The van der Waals surface area contributed by atoms with Gasteiger partial charge >= 0.3 is 0 Å². The third-order valence-corrected chi connectivity index (χ3v) is 18.7. The first kappa shape index (κ1) is 64.9. The van der Waals surface area contributed by atoms with E-state index in [-0.39, 0.29) is 0 Å². The summed E-state index contributed by atoms with van der Waals surface area (Å²) in [5.74, 6) is 0. The molecule has 0 amide bonds. The van der Waals surface area contributed by atoms with Crippen molar-refractivity contribution < 1.29 is 35.6 Å². The molecular weight excluding hydrogens is 1170 g/mol. The first-order chi connectivity index (χ1) is 48.0. The number of nitrogens with zero attached hydrogens (tertiary/aromatic N) is 6. The summed E-state index contributed by atoms with van der Waals surface area (Å²) in [4.78, 5) is 0. The van der Waals surface area contributed by atoms with E-state index in [0.717, 1.165) is 44.8 Å². The van der Waals surface area contributed by atoms with Gasteiger partial charge in [0.25, 0.3) is 0 Å². The van der Waals surface area contributed by atoms with Gasteiger partial charge in [-0.05, 0) is 280 Å². The van der Waals surface area contributed by atoms with Gasteiger partial charge in [-0.1, -0.05) is 53.6 Å². The van der Waals surface area contributed by atoms with Crippen LogP contribution >= 0.6 is 0 Å². The van der Waals surface area contributed by atoms with E-state index >= 15 is 0 Å². The van der Waals surface area contributed by atoms with E-state index in [4.69, 9.17) is 8.22 Å². The first-order valence-electron chi connectivity index (χ1n) is 36.2. The average molecular weight is 1280 g/mol. The highest BCUT2D eigenvalue weighted by Crippen LogP contribution is 2.30.